The number of hydrogen-bond donors (Lipinski definition) is 1. The second kappa shape index (κ2) is 9.62. The van der Waals surface area contributed by atoms with Crippen LogP contribution in [0.4, 0.5) is 5.69 Å². The molecular weight excluding hydrogens is 372 g/mol. The second-order valence-electron chi connectivity index (χ2n) is 7.40. The number of nitrogens with one attached hydrogen (secondary N) is 1. The fourth-order valence-corrected chi connectivity index (χ4v) is 3.84. The van der Waals surface area contributed by atoms with Crippen molar-refractivity contribution in [1.82, 2.24) is 10.2 Å². The number of likely N-dealkylation sites (tertiary alicyclic amines) is 1. The summed E-state index contributed by atoms with van der Waals surface area (Å²) >= 11 is 0. The molecule has 29 heavy (non-hydrogen) atoms. The third-order valence-electron chi connectivity index (χ3n) is 5.36. The van der Waals surface area contributed by atoms with Gasteiger partial charge in [0.15, 0.2) is 12.6 Å². The zero-order valence-corrected chi connectivity index (χ0v) is 17.4. The third kappa shape index (κ3) is 4.81. The van der Waals surface area contributed by atoms with Crippen LogP contribution in [0.25, 0.3) is 0 Å². The van der Waals surface area contributed by atoms with Crippen molar-refractivity contribution in [2.24, 2.45) is 16.8 Å². The number of guanidine groups is 1. The fraction of sp³-hybridized carbons (Fsp3) is 0.571. The molecule has 0 saturated carbocycles. The first-order valence-electron chi connectivity index (χ1n) is 10.2. The van der Waals surface area contributed by atoms with E-state index in [1.165, 1.54) is 7.11 Å². The van der Waals surface area contributed by atoms with Gasteiger partial charge in [-0.2, -0.15) is 0 Å². The second-order valence-corrected chi connectivity index (χ2v) is 7.40. The number of para-hydroxylation sites is 2. The molecule has 0 aromatic heterocycles. The minimum absolute atomic E-state index is 0.0335. The minimum Gasteiger partial charge on any atom is -0.482 e. The summed E-state index contributed by atoms with van der Waals surface area (Å²) in [6.07, 6.45) is 0.735. The zero-order valence-electron chi connectivity index (χ0n) is 17.4. The van der Waals surface area contributed by atoms with E-state index < -0.39 is 0 Å². The van der Waals surface area contributed by atoms with Gasteiger partial charge in [0, 0.05) is 32.7 Å². The van der Waals surface area contributed by atoms with Crippen LogP contribution in [0.5, 0.6) is 5.75 Å². The highest BCUT2D eigenvalue weighted by atomic mass is 16.5. The Balaban J connectivity index is 1.59. The van der Waals surface area contributed by atoms with E-state index >= 15 is 0 Å². The SMILES string of the molecule is CCNC(=NCCCN1C(=O)COc2ccccc21)N1CC(C)C(C(=O)OC)C1. The van der Waals surface area contributed by atoms with Gasteiger partial charge in [-0.05, 0) is 31.4 Å². The quantitative estimate of drug-likeness (QED) is 0.336. The normalized spacial score (nSPS) is 21.6. The van der Waals surface area contributed by atoms with Gasteiger partial charge >= 0.3 is 5.97 Å². The van der Waals surface area contributed by atoms with Gasteiger partial charge in [-0.15, -0.1) is 0 Å². The van der Waals surface area contributed by atoms with Crippen LogP contribution in [0.2, 0.25) is 0 Å². The van der Waals surface area contributed by atoms with Crippen LogP contribution in [0, 0.1) is 11.8 Å². The Morgan fingerprint density at radius 3 is 2.90 bits per heavy atom. The molecule has 2 aliphatic rings. The van der Waals surface area contributed by atoms with Crippen molar-refractivity contribution < 1.29 is 19.1 Å². The standard InChI is InChI=1S/C21H30N4O4/c1-4-22-21(24-12-15(2)16(13-24)20(27)28-3)23-10-7-11-25-17-8-5-6-9-18(17)29-14-19(25)26/h5-6,8-9,15-16H,4,7,10-14H2,1-3H3,(H,22,23). The van der Waals surface area contributed by atoms with E-state index in [1.807, 2.05) is 31.2 Å². The molecule has 8 heteroatoms. The summed E-state index contributed by atoms with van der Waals surface area (Å²) in [5.41, 5.74) is 0.814. The molecule has 2 atom stereocenters. The van der Waals surface area contributed by atoms with Crippen molar-refractivity contribution in [3.63, 3.8) is 0 Å². The number of hydrogen-bond acceptors (Lipinski definition) is 5. The molecule has 1 aromatic carbocycles. The van der Waals surface area contributed by atoms with Crippen LogP contribution in [0.3, 0.4) is 0 Å². The Morgan fingerprint density at radius 1 is 1.34 bits per heavy atom. The number of anilines is 1. The lowest BCUT2D eigenvalue weighted by molar-refractivity contribution is -0.146. The molecule has 1 aromatic rings. The van der Waals surface area contributed by atoms with Crippen molar-refractivity contribution in [2.45, 2.75) is 20.3 Å². The average molecular weight is 402 g/mol. The number of aliphatic imine (C=N–C) groups is 1. The van der Waals surface area contributed by atoms with Gasteiger partial charge in [-0.25, -0.2) is 0 Å². The summed E-state index contributed by atoms with van der Waals surface area (Å²) < 4.78 is 10.4. The maximum Gasteiger partial charge on any atom is 0.310 e. The Hall–Kier alpha value is -2.77. The summed E-state index contributed by atoms with van der Waals surface area (Å²) in [7, 11) is 1.43. The predicted octanol–water partition coefficient (Wildman–Crippen LogP) is 1.51. The maximum atomic E-state index is 12.3. The highest BCUT2D eigenvalue weighted by Gasteiger charge is 2.36. The van der Waals surface area contributed by atoms with E-state index in [2.05, 4.69) is 17.1 Å². The van der Waals surface area contributed by atoms with Crippen LogP contribution in [-0.2, 0) is 14.3 Å². The van der Waals surface area contributed by atoms with Crippen LogP contribution < -0.4 is 15.0 Å². The number of ether oxygens (including phenoxy) is 2. The van der Waals surface area contributed by atoms with E-state index in [0.717, 1.165) is 36.9 Å². The number of carbonyl (C=O) groups is 2. The highest BCUT2D eigenvalue weighted by molar-refractivity contribution is 5.97. The minimum atomic E-state index is -0.166. The van der Waals surface area contributed by atoms with E-state index in [-0.39, 0.29) is 30.3 Å². The Bertz CT molecular complexity index is 767. The Morgan fingerprint density at radius 2 is 2.14 bits per heavy atom. The summed E-state index contributed by atoms with van der Waals surface area (Å²) in [5.74, 6) is 1.43. The lowest BCUT2D eigenvalue weighted by Gasteiger charge is -2.29. The van der Waals surface area contributed by atoms with Crippen molar-refractivity contribution in [1.29, 1.82) is 0 Å². The summed E-state index contributed by atoms with van der Waals surface area (Å²) in [4.78, 5) is 32.8. The first kappa shape index (κ1) is 21.0. The summed E-state index contributed by atoms with van der Waals surface area (Å²) in [6.45, 7) is 7.45. The van der Waals surface area contributed by atoms with Crippen molar-refractivity contribution in [3.05, 3.63) is 24.3 Å². The molecule has 0 aliphatic carbocycles. The van der Waals surface area contributed by atoms with Crippen molar-refractivity contribution in [2.75, 3.05) is 51.3 Å². The van der Waals surface area contributed by atoms with Gasteiger partial charge in [-0.1, -0.05) is 19.1 Å². The van der Waals surface area contributed by atoms with Crippen molar-refractivity contribution >= 4 is 23.5 Å². The molecule has 3 rings (SSSR count). The van der Waals surface area contributed by atoms with Gasteiger partial charge in [0.25, 0.3) is 5.91 Å². The topological polar surface area (TPSA) is 83.5 Å². The number of rotatable bonds is 6. The summed E-state index contributed by atoms with van der Waals surface area (Å²) in [5, 5.41) is 3.31. The number of nitrogens with zero attached hydrogens (tertiary/aromatic N) is 3. The van der Waals surface area contributed by atoms with Crippen molar-refractivity contribution in [3.8, 4) is 5.75 Å². The molecular formula is C21H30N4O4. The zero-order chi connectivity index (χ0) is 20.8. The smallest absolute Gasteiger partial charge is 0.310 e. The molecule has 0 bridgehead atoms. The monoisotopic (exact) mass is 402 g/mol. The Kier molecular flexibility index (Phi) is 6.95. The predicted molar refractivity (Wildman–Crippen MR) is 111 cm³/mol. The van der Waals surface area contributed by atoms with Gasteiger partial charge in [0.1, 0.15) is 5.75 Å². The fourth-order valence-electron chi connectivity index (χ4n) is 3.84. The lowest BCUT2D eigenvalue weighted by Crippen LogP contribution is -2.41. The first-order valence-corrected chi connectivity index (χ1v) is 10.2. The largest absolute Gasteiger partial charge is 0.482 e. The molecule has 1 fully saturated rings. The molecule has 2 unspecified atom stereocenters. The maximum absolute atomic E-state index is 12.3. The molecule has 2 aliphatic heterocycles. The van der Waals surface area contributed by atoms with E-state index in [0.29, 0.717) is 19.6 Å². The molecule has 2 heterocycles. The van der Waals surface area contributed by atoms with Gasteiger partial charge in [-0.3, -0.25) is 14.6 Å². The van der Waals surface area contributed by atoms with Crippen LogP contribution in [0.15, 0.2) is 29.3 Å². The Labute approximate surface area is 171 Å². The number of amides is 1. The number of benzene rings is 1. The third-order valence-corrected chi connectivity index (χ3v) is 5.36. The number of carbonyl (C=O) groups excluding carboxylic acids is 2. The van der Waals surface area contributed by atoms with Gasteiger partial charge < -0.3 is 24.6 Å². The van der Waals surface area contributed by atoms with E-state index in [1.54, 1.807) is 4.90 Å². The van der Waals surface area contributed by atoms with Crippen LogP contribution >= 0.6 is 0 Å². The molecule has 0 radical (unpaired) electrons. The molecule has 0 spiro atoms. The molecule has 8 nitrogen and oxygen atoms in total. The highest BCUT2D eigenvalue weighted by Crippen LogP contribution is 2.31. The number of fused-ring (bicyclic) bond motifs is 1. The van der Waals surface area contributed by atoms with E-state index in [9.17, 15) is 9.59 Å². The number of esters is 1. The van der Waals surface area contributed by atoms with Crippen LogP contribution in [0.1, 0.15) is 20.3 Å². The summed E-state index contributed by atoms with van der Waals surface area (Å²) in [6, 6.07) is 7.58. The number of methoxy groups -OCH3 is 1. The van der Waals surface area contributed by atoms with Gasteiger partial charge in [0.2, 0.25) is 0 Å². The molecule has 1 N–H and O–H groups in total. The lowest BCUT2D eigenvalue weighted by atomic mass is 9.99. The first-order chi connectivity index (χ1) is 14.0. The van der Waals surface area contributed by atoms with E-state index in [4.69, 9.17) is 14.5 Å². The molecule has 1 saturated heterocycles. The molecule has 1 amide bonds. The van der Waals surface area contributed by atoms with Crippen LogP contribution in [-0.4, -0.2) is 69.2 Å². The average Bonchev–Trinajstić information content (AvgIpc) is 3.12. The molecule has 158 valence electrons. The van der Waals surface area contributed by atoms with Gasteiger partial charge in [0.05, 0.1) is 18.7 Å².